The number of thiol groups is 1. The summed E-state index contributed by atoms with van der Waals surface area (Å²) in [6, 6.07) is 17.2. The number of benzene rings is 3. The lowest BCUT2D eigenvalue weighted by Crippen LogP contribution is -2.35. The highest BCUT2D eigenvalue weighted by Gasteiger charge is 2.18. The molecule has 0 spiro atoms. The summed E-state index contributed by atoms with van der Waals surface area (Å²) in [4.78, 5) is 36.8. The van der Waals surface area contributed by atoms with Crippen molar-refractivity contribution in [3.8, 4) is 5.75 Å². The van der Waals surface area contributed by atoms with Crippen molar-refractivity contribution in [3.63, 3.8) is 0 Å². The number of hydrogen-bond donors (Lipinski definition) is 4. The van der Waals surface area contributed by atoms with Crippen molar-refractivity contribution < 1.29 is 32.3 Å². The van der Waals surface area contributed by atoms with Crippen molar-refractivity contribution in [1.29, 1.82) is 0 Å². The van der Waals surface area contributed by atoms with Crippen molar-refractivity contribution in [1.82, 2.24) is 10.0 Å². The van der Waals surface area contributed by atoms with Gasteiger partial charge in [-0.2, -0.15) is 0 Å². The molecule has 206 valence electrons. The Balaban J connectivity index is 1.43. The number of nitrogens with one attached hydrogen (secondary N) is 3. The van der Waals surface area contributed by atoms with Crippen LogP contribution in [0.1, 0.15) is 22.3 Å². The summed E-state index contributed by atoms with van der Waals surface area (Å²) in [5.41, 5.74) is 1.78. The van der Waals surface area contributed by atoms with Gasteiger partial charge in [-0.05, 0) is 67.9 Å². The highest BCUT2D eigenvalue weighted by atomic mass is 32.2. The Bertz CT molecular complexity index is 1410. The van der Waals surface area contributed by atoms with E-state index in [4.69, 9.17) is 9.47 Å². The first-order valence-corrected chi connectivity index (χ1v) is 13.6. The van der Waals surface area contributed by atoms with Crippen LogP contribution in [0.4, 0.5) is 21.0 Å². The Morgan fingerprint density at radius 3 is 2.33 bits per heavy atom. The van der Waals surface area contributed by atoms with Crippen LogP contribution in [0.2, 0.25) is 0 Å². The van der Waals surface area contributed by atoms with Crippen molar-refractivity contribution >= 4 is 52.2 Å². The number of sulfonamides is 1. The Morgan fingerprint density at radius 1 is 0.974 bits per heavy atom. The second-order valence-electron chi connectivity index (χ2n) is 8.18. The molecule has 0 saturated heterocycles. The Labute approximate surface area is 232 Å². The second kappa shape index (κ2) is 13.5. The van der Waals surface area contributed by atoms with Crippen LogP contribution in [0.25, 0.3) is 0 Å². The van der Waals surface area contributed by atoms with Crippen molar-refractivity contribution in [2.75, 3.05) is 29.9 Å². The molecule has 0 fully saturated rings. The number of esters is 1. The molecule has 0 saturated carbocycles. The summed E-state index contributed by atoms with van der Waals surface area (Å²) in [6.07, 6.45) is 0.346. The molecule has 0 aromatic heterocycles. The third-order valence-corrected chi connectivity index (χ3v) is 7.01. The predicted octanol–water partition coefficient (Wildman–Crippen LogP) is 4.12. The van der Waals surface area contributed by atoms with Gasteiger partial charge in [-0.15, -0.1) is 0 Å². The fourth-order valence-electron chi connectivity index (χ4n) is 3.21. The van der Waals surface area contributed by atoms with E-state index in [1.165, 1.54) is 36.4 Å². The summed E-state index contributed by atoms with van der Waals surface area (Å²) in [5.74, 6) is 0.00469. The largest absolute Gasteiger partial charge is 0.497 e. The molecule has 0 bridgehead atoms. The number of carbonyl (C=O) groups excluding carboxylic acids is 3. The summed E-state index contributed by atoms with van der Waals surface area (Å²) in [7, 11) is -2.52. The van der Waals surface area contributed by atoms with Crippen LogP contribution in [0.15, 0.2) is 77.7 Å². The number of hydrogen-bond acceptors (Lipinski definition) is 8. The molecule has 0 aliphatic heterocycles. The first-order chi connectivity index (χ1) is 18.6. The maximum Gasteiger partial charge on any atom is 0.338 e. The number of urea groups is 2. The minimum absolute atomic E-state index is 0.0289. The summed E-state index contributed by atoms with van der Waals surface area (Å²) in [6.45, 7) is 2.07. The van der Waals surface area contributed by atoms with E-state index in [0.29, 0.717) is 17.9 Å². The van der Waals surface area contributed by atoms with E-state index in [1.807, 2.05) is 11.6 Å². The van der Waals surface area contributed by atoms with Crippen LogP contribution < -0.4 is 24.4 Å². The maximum absolute atomic E-state index is 12.4. The lowest BCUT2D eigenvalue weighted by Gasteiger charge is -2.16. The molecule has 0 radical (unpaired) electrons. The molecule has 3 aromatic carbocycles. The standard InChI is InChI=1S/C26H28N4O7S2/c1-18-7-13-23(14-8-18)39(34,35)29-25(32)28-20-6-3-5-19(17-20)24(31)37-16-4-15-27-26(33)30(38)21-9-11-22(36-2)12-10-21/h3,5-14,17,38H,4,15-16H2,1-2H3,(H,27,33)(H2,28,29,32). The van der Waals surface area contributed by atoms with E-state index < -0.39 is 28.1 Å². The van der Waals surface area contributed by atoms with Crippen molar-refractivity contribution in [3.05, 3.63) is 83.9 Å². The molecule has 0 aliphatic rings. The number of carbonyl (C=O) groups is 3. The van der Waals surface area contributed by atoms with E-state index in [2.05, 4.69) is 23.4 Å². The second-order valence-corrected chi connectivity index (χ2v) is 10.3. The van der Waals surface area contributed by atoms with Crippen molar-refractivity contribution in [2.24, 2.45) is 0 Å². The first kappa shape index (κ1) is 29.3. The van der Waals surface area contributed by atoms with Gasteiger partial charge in [0.15, 0.2) is 0 Å². The van der Waals surface area contributed by atoms with Gasteiger partial charge in [0, 0.05) is 12.2 Å². The number of methoxy groups -OCH3 is 1. The average molecular weight is 573 g/mol. The molecule has 0 aliphatic carbocycles. The molecule has 39 heavy (non-hydrogen) atoms. The Hall–Kier alpha value is -4.23. The smallest absolute Gasteiger partial charge is 0.338 e. The van der Waals surface area contributed by atoms with Crippen LogP contribution in [0, 0.1) is 6.92 Å². The number of anilines is 2. The molecule has 3 rings (SSSR count). The van der Waals surface area contributed by atoms with Crippen LogP contribution in [-0.4, -0.2) is 46.7 Å². The van der Waals surface area contributed by atoms with E-state index in [0.717, 1.165) is 9.87 Å². The van der Waals surface area contributed by atoms with Crippen molar-refractivity contribution in [2.45, 2.75) is 18.2 Å². The number of nitrogens with zero attached hydrogens (tertiary/aromatic N) is 1. The van der Waals surface area contributed by atoms with Gasteiger partial charge in [0.2, 0.25) is 0 Å². The summed E-state index contributed by atoms with van der Waals surface area (Å²) < 4.78 is 38.1. The van der Waals surface area contributed by atoms with Gasteiger partial charge in [-0.3, -0.25) is 0 Å². The highest BCUT2D eigenvalue weighted by molar-refractivity contribution is 7.90. The summed E-state index contributed by atoms with van der Waals surface area (Å²) >= 11 is 4.19. The molecule has 0 atom stereocenters. The molecule has 11 nitrogen and oxygen atoms in total. The van der Waals surface area contributed by atoms with E-state index in [-0.39, 0.29) is 29.3 Å². The molecular weight excluding hydrogens is 544 g/mol. The number of rotatable bonds is 10. The topological polar surface area (TPSA) is 143 Å². The highest BCUT2D eigenvalue weighted by Crippen LogP contribution is 2.20. The van der Waals surface area contributed by atoms with Crippen LogP contribution in [0.3, 0.4) is 0 Å². The zero-order valence-electron chi connectivity index (χ0n) is 21.2. The number of amides is 4. The van der Waals surface area contributed by atoms with Crippen LogP contribution in [-0.2, 0) is 14.8 Å². The van der Waals surface area contributed by atoms with Crippen LogP contribution >= 0.6 is 12.8 Å². The lowest BCUT2D eigenvalue weighted by atomic mass is 10.2. The molecule has 0 unspecified atom stereocenters. The van der Waals surface area contributed by atoms with E-state index in [1.54, 1.807) is 43.5 Å². The normalized spacial score (nSPS) is 10.7. The first-order valence-electron chi connectivity index (χ1n) is 11.7. The molecule has 13 heteroatoms. The zero-order valence-corrected chi connectivity index (χ0v) is 22.9. The quantitative estimate of drug-likeness (QED) is 0.163. The maximum atomic E-state index is 12.4. The van der Waals surface area contributed by atoms with Crippen LogP contribution in [0.5, 0.6) is 5.75 Å². The van der Waals surface area contributed by atoms with Gasteiger partial charge in [-0.1, -0.05) is 36.6 Å². The van der Waals surface area contributed by atoms with Gasteiger partial charge in [0.05, 0.1) is 29.9 Å². The monoisotopic (exact) mass is 572 g/mol. The van der Waals surface area contributed by atoms with Gasteiger partial charge in [0.1, 0.15) is 5.75 Å². The molecule has 3 aromatic rings. The third-order valence-electron chi connectivity index (χ3n) is 5.25. The molecule has 4 amide bonds. The average Bonchev–Trinajstić information content (AvgIpc) is 2.92. The van der Waals surface area contributed by atoms with E-state index in [9.17, 15) is 22.8 Å². The summed E-state index contributed by atoms with van der Waals surface area (Å²) in [5, 5.41) is 5.06. The zero-order chi connectivity index (χ0) is 28.4. The van der Waals surface area contributed by atoms with Gasteiger partial charge < -0.3 is 20.1 Å². The lowest BCUT2D eigenvalue weighted by molar-refractivity contribution is 0.0501. The molecule has 0 heterocycles. The molecule has 3 N–H and O–H groups in total. The fourth-order valence-corrected chi connectivity index (χ4v) is 4.32. The van der Waals surface area contributed by atoms with Gasteiger partial charge >= 0.3 is 18.0 Å². The third kappa shape index (κ3) is 8.65. The Morgan fingerprint density at radius 2 is 1.67 bits per heavy atom. The van der Waals surface area contributed by atoms with Gasteiger partial charge in [0.25, 0.3) is 10.0 Å². The fraction of sp³-hybridized carbons (Fsp3) is 0.192. The minimum Gasteiger partial charge on any atom is -0.497 e. The Kier molecular flexibility index (Phi) is 10.2. The SMILES string of the molecule is COc1ccc(N(S)C(=O)NCCCOC(=O)c2cccc(NC(=O)NS(=O)(=O)c3ccc(C)cc3)c2)cc1. The minimum atomic E-state index is -4.07. The molecular formula is C26H28N4O7S2. The predicted molar refractivity (Wildman–Crippen MR) is 150 cm³/mol. The van der Waals surface area contributed by atoms with Gasteiger partial charge in [-0.25, -0.2) is 31.8 Å². The van der Waals surface area contributed by atoms with E-state index >= 15 is 0 Å². The number of aryl methyl sites for hydroxylation is 1. The number of ether oxygens (including phenoxy) is 2.